The molecule has 0 radical (unpaired) electrons. The van der Waals surface area contributed by atoms with Gasteiger partial charge in [0, 0.05) is 13.6 Å². The summed E-state index contributed by atoms with van der Waals surface area (Å²) in [6.07, 6.45) is 3.13. The van der Waals surface area contributed by atoms with Crippen LogP contribution in [0.3, 0.4) is 0 Å². The normalized spacial score (nSPS) is 12.9. The van der Waals surface area contributed by atoms with Gasteiger partial charge in [0.2, 0.25) is 0 Å². The third-order valence-corrected chi connectivity index (χ3v) is 2.89. The zero-order valence-electron chi connectivity index (χ0n) is 9.20. The number of halogens is 1. The van der Waals surface area contributed by atoms with Gasteiger partial charge in [-0.25, -0.2) is 4.98 Å². The third-order valence-electron chi connectivity index (χ3n) is 2.23. The highest BCUT2D eigenvalue weighted by molar-refractivity contribution is 6.21. The summed E-state index contributed by atoms with van der Waals surface area (Å²) in [4.78, 5) is 15.5. The topological polar surface area (TPSA) is 46.9 Å². The molecule has 84 valence electrons. The summed E-state index contributed by atoms with van der Waals surface area (Å²) in [6.45, 7) is 4.52. The van der Waals surface area contributed by atoms with Crippen LogP contribution in [-0.2, 0) is 7.05 Å². The zero-order valence-corrected chi connectivity index (χ0v) is 9.95. The van der Waals surface area contributed by atoms with E-state index in [0.717, 1.165) is 0 Å². The first-order chi connectivity index (χ1) is 7.02. The van der Waals surface area contributed by atoms with Gasteiger partial charge in [0.05, 0.1) is 17.9 Å². The van der Waals surface area contributed by atoms with E-state index in [1.54, 1.807) is 17.9 Å². The van der Waals surface area contributed by atoms with Gasteiger partial charge in [0.15, 0.2) is 0 Å². The van der Waals surface area contributed by atoms with Crippen LogP contribution < -0.4 is 5.32 Å². The Hall–Kier alpha value is -1.03. The van der Waals surface area contributed by atoms with Gasteiger partial charge in [-0.2, -0.15) is 0 Å². The van der Waals surface area contributed by atoms with Crippen molar-refractivity contribution in [2.45, 2.75) is 19.2 Å². The number of hydrogen-bond donors (Lipinski definition) is 1. The quantitative estimate of drug-likeness (QED) is 0.794. The van der Waals surface area contributed by atoms with Crippen molar-refractivity contribution in [1.29, 1.82) is 0 Å². The minimum Gasteiger partial charge on any atom is -0.349 e. The van der Waals surface area contributed by atoms with Gasteiger partial charge in [0.1, 0.15) is 5.69 Å². The first-order valence-electron chi connectivity index (χ1n) is 4.91. The number of nitrogens with zero attached hydrogens (tertiary/aromatic N) is 2. The van der Waals surface area contributed by atoms with Crippen LogP contribution in [0.15, 0.2) is 12.5 Å². The number of amides is 1. The third kappa shape index (κ3) is 3.23. The summed E-state index contributed by atoms with van der Waals surface area (Å²) in [5, 5.41) is 2.74. The Labute approximate surface area is 94.6 Å². The van der Waals surface area contributed by atoms with Gasteiger partial charge in [-0.1, -0.05) is 13.8 Å². The van der Waals surface area contributed by atoms with Crippen molar-refractivity contribution in [3.8, 4) is 0 Å². The van der Waals surface area contributed by atoms with E-state index in [-0.39, 0.29) is 11.3 Å². The molecule has 1 aromatic heterocycles. The summed E-state index contributed by atoms with van der Waals surface area (Å²) >= 11 is 6.02. The van der Waals surface area contributed by atoms with Gasteiger partial charge in [-0.3, -0.25) is 4.79 Å². The molecule has 1 atom stereocenters. The summed E-state index contributed by atoms with van der Waals surface area (Å²) in [5.41, 5.74) is 0.544. The van der Waals surface area contributed by atoms with Crippen molar-refractivity contribution in [2.24, 2.45) is 13.0 Å². The molecule has 0 aliphatic heterocycles. The number of alkyl halides is 1. The van der Waals surface area contributed by atoms with Crippen LogP contribution in [0.4, 0.5) is 0 Å². The monoisotopic (exact) mass is 229 g/mol. The highest BCUT2D eigenvalue weighted by atomic mass is 35.5. The number of nitrogens with one attached hydrogen (secondary N) is 1. The molecule has 1 aromatic rings. The first-order valence-corrected chi connectivity index (χ1v) is 5.34. The van der Waals surface area contributed by atoms with Crippen LogP contribution in [0.1, 0.15) is 24.3 Å². The summed E-state index contributed by atoms with van der Waals surface area (Å²) in [6, 6.07) is 0. The molecule has 0 bridgehead atoms. The van der Waals surface area contributed by atoms with E-state index in [2.05, 4.69) is 10.3 Å². The highest BCUT2D eigenvalue weighted by Crippen LogP contribution is 2.08. The molecule has 1 rings (SSSR count). The zero-order chi connectivity index (χ0) is 11.4. The number of aromatic nitrogens is 2. The van der Waals surface area contributed by atoms with E-state index >= 15 is 0 Å². The molecule has 4 nitrogen and oxygen atoms in total. The molecule has 0 fully saturated rings. The molecule has 15 heavy (non-hydrogen) atoms. The fourth-order valence-electron chi connectivity index (χ4n) is 1.09. The van der Waals surface area contributed by atoms with Gasteiger partial charge < -0.3 is 9.88 Å². The minimum absolute atomic E-state index is 0.0397. The molecule has 0 saturated carbocycles. The molecular weight excluding hydrogens is 214 g/mol. The largest absolute Gasteiger partial charge is 0.349 e. The molecule has 0 saturated heterocycles. The lowest BCUT2D eigenvalue weighted by molar-refractivity contribution is 0.0944. The van der Waals surface area contributed by atoms with E-state index in [1.165, 1.54) is 6.20 Å². The molecular formula is C10H16ClN3O. The number of imidazole rings is 1. The van der Waals surface area contributed by atoms with Crippen LogP contribution in [0.25, 0.3) is 0 Å². The van der Waals surface area contributed by atoms with E-state index in [1.807, 2.05) is 13.8 Å². The maximum atomic E-state index is 11.6. The van der Waals surface area contributed by atoms with Crippen LogP contribution >= 0.6 is 11.6 Å². The Morgan fingerprint density at radius 2 is 2.33 bits per heavy atom. The maximum Gasteiger partial charge on any atom is 0.269 e. The van der Waals surface area contributed by atoms with Crippen LogP contribution in [0.5, 0.6) is 0 Å². The number of carbonyl (C=O) groups is 1. The van der Waals surface area contributed by atoms with Crippen molar-refractivity contribution >= 4 is 17.5 Å². The standard InChI is InChI=1S/C10H16ClN3O/c1-7(2)8(11)4-13-10(15)9-5-12-6-14(9)3/h5-8H,4H2,1-3H3,(H,13,15). The Balaban J connectivity index is 2.47. The van der Waals surface area contributed by atoms with Crippen molar-refractivity contribution in [3.63, 3.8) is 0 Å². The van der Waals surface area contributed by atoms with Crippen molar-refractivity contribution < 1.29 is 4.79 Å². The Morgan fingerprint density at radius 3 is 2.80 bits per heavy atom. The minimum atomic E-state index is -0.138. The van der Waals surface area contributed by atoms with Crippen molar-refractivity contribution in [1.82, 2.24) is 14.9 Å². The van der Waals surface area contributed by atoms with Crippen LogP contribution in [-0.4, -0.2) is 27.4 Å². The smallest absolute Gasteiger partial charge is 0.269 e. The van der Waals surface area contributed by atoms with E-state index in [4.69, 9.17) is 11.6 Å². The van der Waals surface area contributed by atoms with Gasteiger partial charge in [0.25, 0.3) is 5.91 Å². The van der Waals surface area contributed by atoms with Crippen molar-refractivity contribution in [3.05, 3.63) is 18.2 Å². The van der Waals surface area contributed by atoms with E-state index in [9.17, 15) is 4.79 Å². The number of carbonyl (C=O) groups excluding carboxylic acids is 1. The molecule has 1 N–H and O–H groups in total. The Kier molecular flexibility index (Phi) is 4.15. The SMILES string of the molecule is CC(C)C(Cl)CNC(=O)c1cncn1C. The molecule has 1 unspecified atom stereocenters. The van der Waals surface area contributed by atoms with Gasteiger partial charge in [-0.15, -0.1) is 11.6 Å². The van der Waals surface area contributed by atoms with E-state index < -0.39 is 0 Å². The predicted molar refractivity (Wildman–Crippen MR) is 60.0 cm³/mol. The lowest BCUT2D eigenvalue weighted by atomic mass is 10.1. The second-order valence-corrected chi connectivity index (χ2v) is 4.42. The lowest BCUT2D eigenvalue weighted by Gasteiger charge is -2.13. The molecule has 0 spiro atoms. The fraction of sp³-hybridized carbons (Fsp3) is 0.600. The second kappa shape index (κ2) is 5.16. The maximum absolute atomic E-state index is 11.6. The predicted octanol–water partition coefficient (Wildman–Crippen LogP) is 1.41. The second-order valence-electron chi connectivity index (χ2n) is 3.86. The van der Waals surface area contributed by atoms with E-state index in [0.29, 0.717) is 18.2 Å². The summed E-state index contributed by atoms with van der Waals surface area (Å²) in [7, 11) is 1.78. The summed E-state index contributed by atoms with van der Waals surface area (Å²) < 4.78 is 1.67. The number of hydrogen-bond acceptors (Lipinski definition) is 2. The molecule has 1 amide bonds. The molecule has 0 aliphatic rings. The highest BCUT2D eigenvalue weighted by Gasteiger charge is 2.13. The number of rotatable bonds is 4. The number of aryl methyl sites for hydroxylation is 1. The lowest BCUT2D eigenvalue weighted by Crippen LogP contribution is -2.32. The van der Waals surface area contributed by atoms with Gasteiger partial charge in [-0.05, 0) is 5.92 Å². The van der Waals surface area contributed by atoms with Gasteiger partial charge >= 0.3 is 0 Å². The fourth-order valence-corrected chi connectivity index (χ4v) is 1.17. The average Bonchev–Trinajstić information content (AvgIpc) is 2.60. The average molecular weight is 230 g/mol. The molecule has 0 aromatic carbocycles. The van der Waals surface area contributed by atoms with Crippen molar-refractivity contribution in [2.75, 3.05) is 6.54 Å². The molecule has 0 aliphatic carbocycles. The first kappa shape index (κ1) is 12.0. The summed E-state index contributed by atoms with van der Waals surface area (Å²) in [5.74, 6) is 0.208. The molecule has 1 heterocycles. The Morgan fingerprint density at radius 1 is 1.67 bits per heavy atom. The van der Waals surface area contributed by atoms with Crippen LogP contribution in [0.2, 0.25) is 0 Å². The molecule has 5 heteroatoms. The van der Waals surface area contributed by atoms with Crippen LogP contribution in [0, 0.1) is 5.92 Å². The Bertz CT molecular complexity index is 335.